The Morgan fingerprint density at radius 1 is 1.31 bits per heavy atom. The fourth-order valence-corrected chi connectivity index (χ4v) is 4.66. The van der Waals surface area contributed by atoms with Gasteiger partial charge in [0, 0.05) is 17.5 Å². The highest BCUT2D eigenvalue weighted by molar-refractivity contribution is 7.18. The molecule has 32 heavy (non-hydrogen) atoms. The highest BCUT2D eigenvalue weighted by Crippen LogP contribution is 2.34. The molecular weight excluding hydrogens is 441 g/mol. The number of hydrogen-bond donors (Lipinski definition) is 2. The van der Waals surface area contributed by atoms with E-state index < -0.39 is 35.6 Å². The molecule has 10 nitrogen and oxygen atoms in total. The molecule has 0 bridgehead atoms. The van der Waals surface area contributed by atoms with Crippen molar-refractivity contribution in [1.82, 2.24) is 19.6 Å². The molecule has 0 unspecified atom stereocenters. The summed E-state index contributed by atoms with van der Waals surface area (Å²) < 4.78 is 20.7. The number of thiophene rings is 1. The van der Waals surface area contributed by atoms with E-state index in [1.54, 1.807) is 27.7 Å². The van der Waals surface area contributed by atoms with Crippen molar-refractivity contribution in [2.75, 3.05) is 6.67 Å². The summed E-state index contributed by atoms with van der Waals surface area (Å²) in [5, 5.41) is 1.24. The number of hydrogen-bond acceptors (Lipinski definition) is 6. The molecule has 2 heterocycles. The van der Waals surface area contributed by atoms with E-state index >= 15 is 0 Å². The fraction of sp³-hybridized carbons (Fsp3) is 0.600. The second kappa shape index (κ2) is 8.93. The number of aromatic nitrogens is 2. The zero-order valence-corrected chi connectivity index (χ0v) is 19.4. The van der Waals surface area contributed by atoms with E-state index in [4.69, 9.17) is 10.5 Å². The number of rotatable bonds is 6. The molecule has 0 aliphatic heterocycles. The van der Waals surface area contributed by atoms with Gasteiger partial charge >= 0.3 is 17.8 Å². The van der Waals surface area contributed by atoms with Gasteiger partial charge < -0.3 is 10.5 Å². The van der Waals surface area contributed by atoms with Crippen LogP contribution in [0.3, 0.4) is 0 Å². The summed E-state index contributed by atoms with van der Waals surface area (Å²) in [6.07, 6.45) is 0.771. The third kappa shape index (κ3) is 4.95. The smallest absolute Gasteiger partial charge is 0.426 e. The Bertz CT molecular complexity index is 1160. The van der Waals surface area contributed by atoms with Crippen molar-refractivity contribution in [2.24, 2.45) is 5.73 Å². The monoisotopic (exact) mass is 469 g/mol. The van der Waals surface area contributed by atoms with Crippen LogP contribution in [0.4, 0.5) is 14.0 Å². The van der Waals surface area contributed by atoms with Crippen LogP contribution in [-0.2, 0) is 17.8 Å². The number of primary amides is 1. The third-order valence-electron chi connectivity index (χ3n) is 4.96. The number of urea groups is 1. The molecule has 0 atom stereocenters. The maximum atomic E-state index is 13.1. The van der Waals surface area contributed by atoms with E-state index in [1.165, 1.54) is 9.13 Å². The number of carbonyl (C=O) groups excluding carboxylic acids is 2. The van der Waals surface area contributed by atoms with Crippen LogP contribution in [-0.4, -0.2) is 38.5 Å². The number of nitrogens with two attached hydrogens (primary N) is 1. The van der Waals surface area contributed by atoms with Gasteiger partial charge in [0.1, 0.15) is 10.4 Å². The summed E-state index contributed by atoms with van der Waals surface area (Å²) in [6.45, 7) is 6.16. The molecule has 176 valence electrons. The second-order valence-corrected chi connectivity index (χ2v) is 9.84. The summed E-state index contributed by atoms with van der Waals surface area (Å²) in [6, 6.07) is -1.06. The summed E-state index contributed by atoms with van der Waals surface area (Å²) in [4.78, 5) is 51.1. The Morgan fingerprint density at radius 3 is 2.50 bits per heavy atom. The highest BCUT2D eigenvalue weighted by Gasteiger charge is 2.31. The van der Waals surface area contributed by atoms with Crippen molar-refractivity contribution in [3.05, 3.63) is 31.3 Å². The summed E-state index contributed by atoms with van der Waals surface area (Å²) >= 11 is 1.14. The van der Waals surface area contributed by atoms with Crippen LogP contribution in [0.2, 0.25) is 0 Å². The molecule has 1 saturated carbocycles. The molecule has 2 aromatic rings. The zero-order valence-electron chi connectivity index (χ0n) is 18.6. The normalized spacial score (nSPS) is 13.9. The number of halogens is 1. The van der Waals surface area contributed by atoms with Gasteiger partial charge in [0.05, 0.1) is 18.6 Å². The van der Waals surface area contributed by atoms with E-state index in [-0.39, 0.29) is 25.6 Å². The standard InChI is InChI=1S/C20H28FN5O5S/c1-11-13(10-25(17(22)28)23-18(29)31-20(2,3)4)32-16-14(11)15(27)26(12-6-7-12)19(30)24(16)9-5-8-21/h12H,5-10H2,1-4H3,(H2,22,28)(H,23,29). The Morgan fingerprint density at radius 2 is 1.97 bits per heavy atom. The Kier molecular flexibility index (Phi) is 6.63. The van der Waals surface area contributed by atoms with Gasteiger partial charge in [-0.25, -0.2) is 24.8 Å². The average molecular weight is 470 g/mol. The van der Waals surface area contributed by atoms with Gasteiger partial charge in [-0.15, -0.1) is 11.3 Å². The molecule has 1 aliphatic rings. The Balaban J connectivity index is 2.03. The lowest BCUT2D eigenvalue weighted by atomic mass is 10.2. The van der Waals surface area contributed by atoms with Gasteiger partial charge in [-0.3, -0.25) is 18.3 Å². The molecule has 0 aromatic carbocycles. The predicted molar refractivity (Wildman–Crippen MR) is 118 cm³/mol. The van der Waals surface area contributed by atoms with Gasteiger partial charge in [0.25, 0.3) is 5.56 Å². The van der Waals surface area contributed by atoms with Crippen molar-refractivity contribution in [3.63, 3.8) is 0 Å². The Labute approximate surface area is 187 Å². The second-order valence-electron chi connectivity index (χ2n) is 8.75. The first-order chi connectivity index (χ1) is 14.9. The minimum Gasteiger partial charge on any atom is -0.443 e. The van der Waals surface area contributed by atoms with Gasteiger partial charge in [0.2, 0.25) is 0 Å². The molecule has 0 saturated heterocycles. The van der Waals surface area contributed by atoms with E-state index in [9.17, 15) is 23.6 Å². The lowest BCUT2D eigenvalue weighted by Crippen LogP contribution is -2.49. The molecule has 2 aromatic heterocycles. The third-order valence-corrected chi connectivity index (χ3v) is 6.26. The van der Waals surface area contributed by atoms with Crippen molar-refractivity contribution >= 4 is 33.7 Å². The first kappa shape index (κ1) is 23.8. The zero-order chi connectivity index (χ0) is 23.8. The number of alkyl halides is 1. The van der Waals surface area contributed by atoms with Crippen LogP contribution in [0.1, 0.15) is 56.5 Å². The lowest BCUT2D eigenvalue weighted by molar-refractivity contribution is 0.0376. The number of fused-ring (bicyclic) bond motifs is 1. The van der Waals surface area contributed by atoms with Crippen molar-refractivity contribution in [2.45, 2.75) is 71.7 Å². The summed E-state index contributed by atoms with van der Waals surface area (Å²) in [5.74, 6) is 0. The molecule has 0 radical (unpaired) electrons. The van der Waals surface area contributed by atoms with Crippen LogP contribution in [0.5, 0.6) is 0 Å². The van der Waals surface area contributed by atoms with Crippen LogP contribution < -0.4 is 22.4 Å². The molecule has 3 amide bonds. The molecule has 1 aliphatic carbocycles. The number of aryl methyl sites for hydroxylation is 2. The maximum Gasteiger partial charge on any atom is 0.426 e. The largest absolute Gasteiger partial charge is 0.443 e. The van der Waals surface area contributed by atoms with Crippen LogP contribution in [0.25, 0.3) is 10.2 Å². The number of ether oxygens (including phenoxy) is 1. The summed E-state index contributed by atoms with van der Waals surface area (Å²) in [5.41, 5.74) is 6.69. The maximum absolute atomic E-state index is 13.1. The fourth-order valence-electron chi connectivity index (χ4n) is 3.36. The van der Waals surface area contributed by atoms with E-state index in [0.717, 1.165) is 29.2 Å². The van der Waals surface area contributed by atoms with Crippen LogP contribution in [0, 0.1) is 6.92 Å². The number of amides is 3. The minimum absolute atomic E-state index is 0.125. The van der Waals surface area contributed by atoms with E-state index in [2.05, 4.69) is 5.43 Å². The van der Waals surface area contributed by atoms with E-state index in [0.29, 0.717) is 20.7 Å². The molecule has 3 N–H and O–H groups in total. The molecule has 12 heteroatoms. The first-order valence-electron chi connectivity index (χ1n) is 10.3. The average Bonchev–Trinajstić information content (AvgIpc) is 3.44. The number of nitrogens with zero attached hydrogens (tertiary/aromatic N) is 3. The lowest BCUT2D eigenvalue weighted by Gasteiger charge is -2.24. The van der Waals surface area contributed by atoms with Crippen LogP contribution in [0.15, 0.2) is 9.59 Å². The SMILES string of the molecule is Cc1c(CN(NC(=O)OC(C)(C)C)C(N)=O)sc2c1c(=O)n(C1CC1)c(=O)n2CCCF. The summed E-state index contributed by atoms with van der Waals surface area (Å²) in [7, 11) is 0. The van der Waals surface area contributed by atoms with Gasteiger partial charge in [-0.1, -0.05) is 0 Å². The van der Waals surface area contributed by atoms with Gasteiger partial charge in [0.15, 0.2) is 0 Å². The minimum atomic E-state index is -0.919. The number of carbonyl (C=O) groups is 2. The molecule has 3 rings (SSSR count). The van der Waals surface area contributed by atoms with Gasteiger partial charge in [-0.2, -0.15) is 0 Å². The van der Waals surface area contributed by atoms with Crippen molar-refractivity contribution in [3.8, 4) is 0 Å². The molecule has 1 fully saturated rings. The number of nitrogens with one attached hydrogen (secondary N) is 1. The Hall–Kier alpha value is -2.89. The molecule has 0 spiro atoms. The van der Waals surface area contributed by atoms with Crippen molar-refractivity contribution < 1.29 is 18.7 Å². The number of hydrazine groups is 1. The van der Waals surface area contributed by atoms with Crippen LogP contribution >= 0.6 is 11.3 Å². The predicted octanol–water partition coefficient (Wildman–Crippen LogP) is 2.55. The van der Waals surface area contributed by atoms with E-state index in [1.807, 2.05) is 0 Å². The quantitative estimate of drug-likeness (QED) is 0.628. The topological polar surface area (TPSA) is 129 Å². The first-order valence-corrected chi connectivity index (χ1v) is 11.2. The van der Waals surface area contributed by atoms with Gasteiger partial charge in [-0.05, 0) is 52.5 Å². The molecular formula is C20H28FN5O5S. The van der Waals surface area contributed by atoms with Crippen molar-refractivity contribution in [1.29, 1.82) is 0 Å². The highest BCUT2D eigenvalue weighted by atomic mass is 32.1.